The van der Waals surface area contributed by atoms with E-state index >= 15 is 0 Å². The molecule has 1 saturated heterocycles. The lowest BCUT2D eigenvalue weighted by atomic mass is 10.1. The molecule has 4 rings (SSSR count). The van der Waals surface area contributed by atoms with E-state index in [4.69, 9.17) is 25.9 Å². The first-order chi connectivity index (χ1) is 14.5. The van der Waals surface area contributed by atoms with Crippen molar-refractivity contribution >= 4 is 17.6 Å². The highest BCUT2D eigenvalue weighted by molar-refractivity contribution is 6.30. The number of nitrogens with one attached hydrogen (secondary N) is 1. The van der Waals surface area contributed by atoms with Crippen molar-refractivity contribution in [2.24, 2.45) is 5.92 Å². The molecule has 2 atom stereocenters. The summed E-state index contributed by atoms with van der Waals surface area (Å²) in [7, 11) is 0. The minimum absolute atomic E-state index is 0.0233. The van der Waals surface area contributed by atoms with Crippen LogP contribution in [0.25, 0.3) is 0 Å². The summed E-state index contributed by atoms with van der Waals surface area (Å²) in [6.07, 6.45) is 2.30. The van der Waals surface area contributed by atoms with Gasteiger partial charge in [-0.05, 0) is 29.8 Å². The molecule has 158 valence electrons. The zero-order chi connectivity index (χ0) is 21.1. The van der Waals surface area contributed by atoms with Gasteiger partial charge in [-0.25, -0.2) is 9.86 Å². The summed E-state index contributed by atoms with van der Waals surface area (Å²) in [5.74, 6) is 0.382. The normalized spacial score (nSPS) is 20.4. The summed E-state index contributed by atoms with van der Waals surface area (Å²) in [5, 5.41) is 5.67. The Morgan fingerprint density at radius 3 is 2.63 bits per heavy atom. The van der Waals surface area contributed by atoms with Gasteiger partial charge >= 0.3 is 5.97 Å². The predicted octanol–water partition coefficient (Wildman–Crippen LogP) is 4.57. The van der Waals surface area contributed by atoms with Crippen LogP contribution in [0, 0.1) is 5.92 Å². The molecule has 2 unspecified atom stereocenters. The van der Waals surface area contributed by atoms with Crippen LogP contribution in [-0.2, 0) is 21.0 Å². The van der Waals surface area contributed by atoms with E-state index in [9.17, 15) is 4.79 Å². The smallest absolute Gasteiger partial charge is 0.334 e. The average Bonchev–Trinajstić information content (AvgIpc) is 3.17. The number of rotatable bonds is 6. The van der Waals surface area contributed by atoms with Crippen molar-refractivity contribution in [3.05, 3.63) is 76.6 Å². The SMILES string of the molecule is CC(C)C(=O)ON1C=C2NC(c3ccc(OCc4ccc(Cl)cc4)cc3)OC2CC1. The van der Waals surface area contributed by atoms with Crippen LogP contribution in [-0.4, -0.2) is 23.7 Å². The van der Waals surface area contributed by atoms with E-state index in [0.717, 1.165) is 29.0 Å². The first kappa shape index (κ1) is 20.6. The number of carbonyl (C=O) groups is 1. The molecule has 0 aromatic heterocycles. The zero-order valence-corrected chi connectivity index (χ0v) is 17.8. The van der Waals surface area contributed by atoms with E-state index in [-0.39, 0.29) is 24.2 Å². The fraction of sp³-hybridized carbons (Fsp3) is 0.348. The van der Waals surface area contributed by atoms with Gasteiger partial charge in [-0.3, -0.25) is 0 Å². The van der Waals surface area contributed by atoms with Crippen LogP contribution >= 0.6 is 11.6 Å². The van der Waals surface area contributed by atoms with Gasteiger partial charge in [0.2, 0.25) is 0 Å². The quantitative estimate of drug-likeness (QED) is 0.727. The van der Waals surface area contributed by atoms with Crippen molar-refractivity contribution in [1.82, 2.24) is 10.4 Å². The maximum absolute atomic E-state index is 11.8. The van der Waals surface area contributed by atoms with Crippen LogP contribution in [0.5, 0.6) is 5.75 Å². The van der Waals surface area contributed by atoms with Crippen molar-refractivity contribution in [2.75, 3.05) is 6.54 Å². The van der Waals surface area contributed by atoms with E-state index in [0.29, 0.717) is 18.2 Å². The molecule has 0 aliphatic carbocycles. The van der Waals surface area contributed by atoms with E-state index in [1.165, 1.54) is 0 Å². The van der Waals surface area contributed by atoms with Crippen LogP contribution in [0.3, 0.4) is 0 Å². The molecule has 2 aromatic rings. The van der Waals surface area contributed by atoms with Gasteiger partial charge in [-0.2, -0.15) is 0 Å². The van der Waals surface area contributed by atoms with Gasteiger partial charge < -0.3 is 19.6 Å². The molecule has 30 heavy (non-hydrogen) atoms. The molecular weight excluding hydrogens is 404 g/mol. The predicted molar refractivity (Wildman–Crippen MR) is 113 cm³/mol. The standard InChI is InChI=1S/C23H25ClN2O4/c1-15(2)23(27)30-26-12-11-21-20(13-26)25-22(29-21)17-5-9-19(10-6-17)28-14-16-3-7-18(24)8-4-16/h3-10,13,15,21-22,25H,11-12,14H2,1-2H3. The number of halogens is 1. The third-order valence-corrected chi connectivity index (χ3v) is 5.27. The number of hydrogen-bond acceptors (Lipinski definition) is 6. The molecule has 0 saturated carbocycles. The molecule has 0 bridgehead atoms. The number of carbonyl (C=O) groups excluding carboxylic acids is 1. The third-order valence-electron chi connectivity index (χ3n) is 5.02. The highest BCUT2D eigenvalue weighted by atomic mass is 35.5. The van der Waals surface area contributed by atoms with Crippen LogP contribution in [0.2, 0.25) is 5.02 Å². The maximum Gasteiger partial charge on any atom is 0.334 e. The molecule has 1 fully saturated rings. The lowest BCUT2D eigenvalue weighted by molar-refractivity contribution is -0.184. The van der Waals surface area contributed by atoms with E-state index < -0.39 is 0 Å². The van der Waals surface area contributed by atoms with Gasteiger partial charge in [-0.15, -0.1) is 0 Å². The van der Waals surface area contributed by atoms with Gasteiger partial charge in [0.25, 0.3) is 0 Å². The third kappa shape index (κ3) is 4.89. The zero-order valence-electron chi connectivity index (χ0n) is 17.0. The lowest BCUT2D eigenvalue weighted by Gasteiger charge is -2.26. The Morgan fingerprint density at radius 2 is 1.93 bits per heavy atom. The average molecular weight is 429 g/mol. The highest BCUT2D eigenvalue weighted by Crippen LogP contribution is 2.32. The first-order valence-corrected chi connectivity index (χ1v) is 10.4. The van der Waals surface area contributed by atoms with Crippen molar-refractivity contribution in [3.63, 3.8) is 0 Å². The Labute approximate surface area is 181 Å². The van der Waals surface area contributed by atoms with E-state index in [2.05, 4.69) is 5.32 Å². The van der Waals surface area contributed by atoms with Gasteiger partial charge in [-0.1, -0.05) is 49.7 Å². The van der Waals surface area contributed by atoms with Crippen molar-refractivity contribution in [1.29, 1.82) is 0 Å². The molecular formula is C23H25ClN2O4. The highest BCUT2D eigenvalue weighted by Gasteiger charge is 2.34. The molecule has 1 N–H and O–H groups in total. The Balaban J connectivity index is 1.34. The van der Waals surface area contributed by atoms with Gasteiger partial charge in [0.15, 0.2) is 6.23 Å². The number of fused-ring (bicyclic) bond motifs is 1. The van der Waals surface area contributed by atoms with E-state index in [1.54, 1.807) is 5.06 Å². The maximum atomic E-state index is 11.8. The second-order valence-corrected chi connectivity index (χ2v) is 8.15. The van der Waals surface area contributed by atoms with Crippen molar-refractivity contribution < 1.29 is 19.1 Å². The second kappa shape index (κ2) is 8.98. The molecule has 2 heterocycles. The first-order valence-electron chi connectivity index (χ1n) is 10.1. The number of benzene rings is 2. The summed E-state index contributed by atoms with van der Waals surface area (Å²) in [5.41, 5.74) is 2.99. The van der Waals surface area contributed by atoms with Crippen molar-refractivity contribution in [2.45, 2.75) is 39.2 Å². The minimum Gasteiger partial charge on any atom is -0.489 e. The summed E-state index contributed by atoms with van der Waals surface area (Å²) in [6.45, 7) is 4.73. The van der Waals surface area contributed by atoms with Crippen LogP contribution in [0.4, 0.5) is 0 Å². The Bertz CT molecular complexity index is 912. The molecule has 0 spiro atoms. The van der Waals surface area contributed by atoms with Gasteiger partial charge in [0.05, 0.1) is 24.4 Å². The lowest BCUT2D eigenvalue weighted by Crippen LogP contribution is -2.33. The molecule has 0 amide bonds. The van der Waals surface area contributed by atoms with Gasteiger partial charge in [0.1, 0.15) is 18.5 Å². The van der Waals surface area contributed by atoms with Crippen LogP contribution in [0.1, 0.15) is 37.6 Å². The number of ether oxygens (including phenoxy) is 2. The summed E-state index contributed by atoms with van der Waals surface area (Å²) in [4.78, 5) is 17.2. The number of nitrogens with zero attached hydrogens (tertiary/aromatic N) is 1. The topological polar surface area (TPSA) is 60.0 Å². The minimum atomic E-state index is -0.243. The molecule has 6 nitrogen and oxygen atoms in total. The van der Waals surface area contributed by atoms with E-state index in [1.807, 2.05) is 68.6 Å². The number of hydroxylamine groups is 2. The fourth-order valence-electron chi connectivity index (χ4n) is 3.27. The molecule has 2 aliphatic heterocycles. The summed E-state index contributed by atoms with van der Waals surface area (Å²) >= 11 is 5.91. The van der Waals surface area contributed by atoms with Crippen LogP contribution in [0.15, 0.2) is 60.4 Å². The molecule has 2 aromatic carbocycles. The number of hydrogen-bond donors (Lipinski definition) is 1. The molecule has 2 aliphatic rings. The van der Waals surface area contributed by atoms with Gasteiger partial charge in [0, 0.05) is 17.0 Å². The molecule has 0 radical (unpaired) electrons. The monoisotopic (exact) mass is 428 g/mol. The molecule has 7 heteroatoms. The Hall–Kier alpha value is -2.70. The van der Waals surface area contributed by atoms with Crippen molar-refractivity contribution in [3.8, 4) is 5.75 Å². The summed E-state index contributed by atoms with van der Waals surface area (Å²) < 4.78 is 12.0. The summed E-state index contributed by atoms with van der Waals surface area (Å²) in [6, 6.07) is 15.4. The van der Waals surface area contributed by atoms with Crippen LogP contribution < -0.4 is 10.1 Å². The Morgan fingerprint density at radius 1 is 1.20 bits per heavy atom. The fourth-order valence-corrected chi connectivity index (χ4v) is 3.39. The second-order valence-electron chi connectivity index (χ2n) is 7.71. The largest absolute Gasteiger partial charge is 0.489 e. The Kier molecular flexibility index (Phi) is 6.16.